The van der Waals surface area contributed by atoms with Crippen LogP contribution >= 0.6 is 27.7 Å². The Hall–Kier alpha value is -0.750. The van der Waals surface area contributed by atoms with E-state index in [1.54, 1.807) is 18.0 Å². The van der Waals surface area contributed by atoms with E-state index in [1.165, 1.54) is 4.90 Å². The van der Waals surface area contributed by atoms with Gasteiger partial charge in [0.25, 0.3) is 0 Å². The van der Waals surface area contributed by atoms with E-state index in [-0.39, 0.29) is 6.04 Å². The topological polar surface area (TPSA) is 51.2 Å². The summed E-state index contributed by atoms with van der Waals surface area (Å²) in [6.07, 6.45) is 2.48. The number of nitrogens with two attached hydrogens (primary N) is 1. The summed E-state index contributed by atoms with van der Waals surface area (Å²) in [7, 11) is 0. The zero-order valence-corrected chi connectivity index (χ0v) is 12.2. The zero-order chi connectivity index (χ0) is 12.8. The smallest absolute Gasteiger partial charge is 0.105 e. The highest BCUT2D eigenvalue weighted by molar-refractivity contribution is 9.10. The van der Waals surface area contributed by atoms with Crippen molar-refractivity contribution >= 4 is 27.7 Å². The van der Waals surface area contributed by atoms with Crippen molar-refractivity contribution in [2.75, 3.05) is 5.75 Å². The number of thioether (sulfide) groups is 1. The maximum absolute atomic E-state index is 5.57. The lowest BCUT2D eigenvalue weighted by Gasteiger charge is -2.14. The van der Waals surface area contributed by atoms with Crippen molar-refractivity contribution in [3.05, 3.63) is 52.9 Å². The molecule has 2 rings (SSSR count). The van der Waals surface area contributed by atoms with Crippen LogP contribution in [-0.2, 0) is 6.42 Å². The van der Waals surface area contributed by atoms with Gasteiger partial charge in [0.15, 0.2) is 0 Å². The molecule has 0 amide bonds. The first kappa shape index (κ1) is 13.7. The second-order valence-corrected chi connectivity index (χ2v) is 5.80. The molecule has 1 aromatic carbocycles. The highest BCUT2D eigenvalue weighted by atomic mass is 79.9. The van der Waals surface area contributed by atoms with Crippen molar-refractivity contribution in [1.29, 1.82) is 0 Å². The van der Waals surface area contributed by atoms with Crippen LogP contribution in [0.2, 0.25) is 0 Å². The quantitative estimate of drug-likeness (QED) is 0.486. The minimum absolute atomic E-state index is 0.188. The van der Waals surface area contributed by atoms with Crippen LogP contribution in [0.25, 0.3) is 0 Å². The molecule has 0 aliphatic heterocycles. The monoisotopic (exact) mass is 326 g/mol. The van der Waals surface area contributed by atoms with Crippen molar-refractivity contribution in [2.45, 2.75) is 17.4 Å². The molecule has 2 aromatic rings. The van der Waals surface area contributed by atoms with Crippen LogP contribution in [0.3, 0.4) is 0 Å². The van der Waals surface area contributed by atoms with Crippen molar-refractivity contribution < 1.29 is 4.42 Å². The molecule has 18 heavy (non-hydrogen) atoms. The van der Waals surface area contributed by atoms with Gasteiger partial charge in [0, 0.05) is 27.6 Å². The second kappa shape index (κ2) is 6.99. The summed E-state index contributed by atoms with van der Waals surface area (Å²) in [6, 6.07) is 12.2. The summed E-state index contributed by atoms with van der Waals surface area (Å²) in [5.41, 5.74) is 2.83. The minimum Gasteiger partial charge on any atom is -0.469 e. The molecular weight excluding hydrogens is 312 g/mol. The van der Waals surface area contributed by atoms with Gasteiger partial charge in [-0.3, -0.25) is 11.3 Å². The van der Waals surface area contributed by atoms with Crippen molar-refractivity contribution in [2.24, 2.45) is 5.84 Å². The fraction of sp³-hybridized carbons (Fsp3) is 0.231. The molecule has 3 nitrogen and oxygen atoms in total. The predicted octanol–water partition coefficient (Wildman–Crippen LogP) is 3.21. The summed E-state index contributed by atoms with van der Waals surface area (Å²) in [6.45, 7) is 0. The molecule has 0 aliphatic carbocycles. The summed E-state index contributed by atoms with van der Waals surface area (Å²) < 4.78 is 6.44. The Morgan fingerprint density at radius 3 is 2.78 bits per heavy atom. The van der Waals surface area contributed by atoms with Crippen LogP contribution < -0.4 is 11.3 Å². The molecule has 3 N–H and O–H groups in total. The molecule has 96 valence electrons. The third-order valence-corrected chi connectivity index (χ3v) is 4.73. The average molecular weight is 327 g/mol. The summed E-state index contributed by atoms with van der Waals surface area (Å²) >= 11 is 5.31. The van der Waals surface area contributed by atoms with Crippen molar-refractivity contribution in [3.8, 4) is 0 Å². The van der Waals surface area contributed by atoms with Gasteiger partial charge in [-0.1, -0.05) is 12.1 Å². The van der Waals surface area contributed by atoms with Gasteiger partial charge in [0.05, 0.1) is 6.26 Å². The van der Waals surface area contributed by atoms with E-state index in [0.29, 0.717) is 0 Å². The number of halogens is 1. The lowest BCUT2D eigenvalue weighted by molar-refractivity contribution is 0.465. The van der Waals surface area contributed by atoms with Crippen LogP contribution in [0.5, 0.6) is 0 Å². The molecule has 0 fully saturated rings. The minimum atomic E-state index is 0.188. The van der Waals surface area contributed by atoms with Gasteiger partial charge < -0.3 is 4.42 Å². The van der Waals surface area contributed by atoms with Crippen LogP contribution in [0.4, 0.5) is 0 Å². The fourth-order valence-corrected chi connectivity index (χ4v) is 3.19. The standard InChI is InChI=1S/C13H15BrN2OS/c14-12-5-1-2-6-13(12)18-9-10(16-15)8-11-4-3-7-17-11/h1-7,10,16H,8-9,15H2. The largest absolute Gasteiger partial charge is 0.469 e. The summed E-state index contributed by atoms with van der Waals surface area (Å²) in [5.74, 6) is 7.41. The summed E-state index contributed by atoms with van der Waals surface area (Å²) in [5, 5.41) is 0. The Morgan fingerprint density at radius 2 is 2.11 bits per heavy atom. The molecular formula is C13H15BrN2OS. The number of furan rings is 1. The third kappa shape index (κ3) is 3.88. The van der Waals surface area contributed by atoms with E-state index in [2.05, 4.69) is 27.4 Å². The SMILES string of the molecule is NNC(CSc1ccccc1Br)Cc1ccco1. The van der Waals surface area contributed by atoms with Crippen molar-refractivity contribution in [3.63, 3.8) is 0 Å². The van der Waals surface area contributed by atoms with Crippen LogP contribution in [0.1, 0.15) is 5.76 Å². The second-order valence-electron chi connectivity index (χ2n) is 3.89. The number of benzene rings is 1. The Balaban J connectivity index is 1.89. The van der Waals surface area contributed by atoms with E-state index < -0.39 is 0 Å². The number of hydrogen-bond donors (Lipinski definition) is 2. The molecule has 0 saturated carbocycles. The van der Waals surface area contributed by atoms with E-state index >= 15 is 0 Å². The Bertz CT molecular complexity index is 476. The van der Waals surface area contributed by atoms with Crippen LogP contribution in [0.15, 0.2) is 56.4 Å². The molecule has 1 atom stereocenters. The molecule has 1 aromatic heterocycles. The molecule has 5 heteroatoms. The molecule has 0 aliphatic rings. The highest BCUT2D eigenvalue weighted by Crippen LogP contribution is 2.27. The first-order chi connectivity index (χ1) is 8.79. The maximum atomic E-state index is 5.57. The Kier molecular flexibility index (Phi) is 5.31. The van der Waals surface area contributed by atoms with Gasteiger partial charge in [-0.15, -0.1) is 11.8 Å². The van der Waals surface area contributed by atoms with E-state index in [9.17, 15) is 0 Å². The number of hydrazine groups is 1. The zero-order valence-electron chi connectivity index (χ0n) is 9.80. The molecule has 0 saturated heterocycles. The first-order valence-electron chi connectivity index (χ1n) is 5.65. The van der Waals surface area contributed by atoms with Crippen LogP contribution in [0, 0.1) is 0 Å². The molecule has 1 heterocycles. The van der Waals surface area contributed by atoms with Gasteiger partial charge in [-0.05, 0) is 40.2 Å². The molecule has 1 unspecified atom stereocenters. The highest BCUT2D eigenvalue weighted by Gasteiger charge is 2.11. The lowest BCUT2D eigenvalue weighted by atomic mass is 10.2. The number of nitrogens with one attached hydrogen (secondary N) is 1. The van der Waals surface area contributed by atoms with Crippen LogP contribution in [-0.4, -0.2) is 11.8 Å². The van der Waals surface area contributed by atoms with E-state index in [1.807, 2.05) is 30.3 Å². The molecule has 0 bridgehead atoms. The van der Waals surface area contributed by atoms with Gasteiger partial charge in [0.2, 0.25) is 0 Å². The Morgan fingerprint density at radius 1 is 1.28 bits per heavy atom. The van der Waals surface area contributed by atoms with Crippen molar-refractivity contribution in [1.82, 2.24) is 5.43 Å². The molecule has 0 radical (unpaired) electrons. The number of hydrogen-bond acceptors (Lipinski definition) is 4. The van der Waals surface area contributed by atoms with E-state index in [0.717, 1.165) is 22.4 Å². The Labute approximate surface area is 119 Å². The van der Waals surface area contributed by atoms with E-state index in [4.69, 9.17) is 10.3 Å². The maximum Gasteiger partial charge on any atom is 0.105 e. The lowest BCUT2D eigenvalue weighted by Crippen LogP contribution is -2.38. The predicted molar refractivity (Wildman–Crippen MR) is 78.4 cm³/mol. The average Bonchev–Trinajstić information content (AvgIpc) is 2.89. The summed E-state index contributed by atoms with van der Waals surface area (Å²) in [4.78, 5) is 1.22. The number of rotatable bonds is 6. The fourth-order valence-electron chi connectivity index (χ4n) is 1.59. The van der Waals surface area contributed by atoms with Gasteiger partial charge in [-0.25, -0.2) is 0 Å². The first-order valence-corrected chi connectivity index (χ1v) is 7.43. The molecule has 0 spiro atoms. The van der Waals surface area contributed by atoms with Gasteiger partial charge >= 0.3 is 0 Å². The normalized spacial score (nSPS) is 12.6. The third-order valence-electron chi connectivity index (χ3n) is 2.54. The van der Waals surface area contributed by atoms with Gasteiger partial charge in [0.1, 0.15) is 5.76 Å². The van der Waals surface area contributed by atoms with Gasteiger partial charge in [-0.2, -0.15) is 0 Å².